The average molecular weight is 601 g/mol. The number of nitrogens with two attached hydrogens (primary N) is 2. The first kappa shape index (κ1) is 32.3. The second-order valence-corrected chi connectivity index (χ2v) is 8.56. The van der Waals surface area contributed by atoms with Crippen molar-refractivity contribution in [3.8, 4) is 0 Å². The summed E-state index contributed by atoms with van der Waals surface area (Å²) in [6.07, 6.45) is 3.69. The summed E-state index contributed by atoms with van der Waals surface area (Å²) in [6.45, 7) is 0.300. The summed E-state index contributed by atoms with van der Waals surface area (Å²) in [7, 11) is 0. The first-order valence-corrected chi connectivity index (χ1v) is 12.1. The molecule has 0 fully saturated rings. The van der Waals surface area contributed by atoms with E-state index in [1.54, 1.807) is 12.1 Å². The van der Waals surface area contributed by atoms with E-state index in [2.05, 4.69) is 50.5 Å². The van der Waals surface area contributed by atoms with E-state index in [-0.39, 0.29) is 70.9 Å². The van der Waals surface area contributed by atoms with E-state index in [0.717, 1.165) is 0 Å². The topological polar surface area (TPSA) is 294 Å². The number of hydrogen-bond donors (Lipinski definition) is 8. The number of nitrogens with zero attached hydrogens (tertiary/aromatic N) is 6. The van der Waals surface area contributed by atoms with Crippen molar-refractivity contribution >= 4 is 87.2 Å². The summed E-state index contributed by atoms with van der Waals surface area (Å²) in [4.78, 5) is 74.1. The van der Waals surface area contributed by atoms with E-state index in [4.69, 9.17) is 21.7 Å². The molecule has 18 nitrogen and oxygen atoms in total. The van der Waals surface area contributed by atoms with Gasteiger partial charge in [-0.3, -0.25) is 14.4 Å². The van der Waals surface area contributed by atoms with Crippen LogP contribution in [0, 0.1) is 0 Å². The van der Waals surface area contributed by atoms with E-state index < -0.39 is 23.9 Å². The van der Waals surface area contributed by atoms with Crippen LogP contribution in [0.25, 0.3) is 22.3 Å². The van der Waals surface area contributed by atoms with E-state index in [0.29, 0.717) is 34.6 Å². The maximum absolute atomic E-state index is 12.3. The van der Waals surface area contributed by atoms with Crippen molar-refractivity contribution < 1.29 is 24.6 Å². The number of imidazole rings is 1. The van der Waals surface area contributed by atoms with Gasteiger partial charge in [0.15, 0.2) is 28.1 Å². The van der Waals surface area contributed by atoms with Crippen LogP contribution in [0.3, 0.4) is 0 Å². The molecule has 1 unspecified atom stereocenters. The zero-order chi connectivity index (χ0) is 30.2. The minimum atomic E-state index is -1.30. The normalized spacial score (nSPS) is 11.1. The summed E-state index contributed by atoms with van der Waals surface area (Å²) in [5.74, 6) is -2.93. The maximum atomic E-state index is 12.3. The summed E-state index contributed by atoms with van der Waals surface area (Å²) < 4.78 is 0. The fourth-order valence-electron chi connectivity index (χ4n) is 3.54. The third-order valence-corrected chi connectivity index (χ3v) is 5.60. The number of carboxylic acids is 2. The Kier molecular flexibility index (Phi) is 11.0. The van der Waals surface area contributed by atoms with Crippen molar-refractivity contribution in [2.75, 3.05) is 16.8 Å². The third-order valence-electron chi connectivity index (χ3n) is 5.60. The molecule has 19 heteroatoms. The summed E-state index contributed by atoms with van der Waals surface area (Å²) >= 11 is 0. The van der Waals surface area contributed by atoms with Crippen molar-refractivity contribution in [1.82, 2.24) is 45.2 Å². The molecule has 218 valence electrons. The molecule has 4 aromatic heterocycles. The number of hydrogen-bond acceptors (Lipinski definition) is 13. The molecule has 0 aliphatic carbocycles. The van der Waals surface area contributed by atoms with Gasteiger partial charge in [-0.15, -0.1) is 0 Å². The first-order chi connectivity index (χ1) is 20.1. The van der Waals surface area contributed by atoms with Crippen molar-refractivity contribution in [2.45, 2.75) is 25.4 Å². The summed E-state index contributed by atoms with van der Waals surface area (Å²) in [5, 5.41) is 23.3. The fourth-order valence-corrected chi connectivity index (χ4v) is 3.54. The molecule has 0 bridgehead atoms. The van der Waals surface area contributed by atoms with E-state index in [1.807, 2.05) is 0 Å². The Morgan fingerprint density at radius 3 is 2.28 bits per heavy atom. The van der Waals surface area contributed by atoms with Crippen LogP contribution in [0.2, 0.25) is 0 Å². The number of aromatic amines is 2. The van der Waals surface area contributed by atoms with Gasteiger partial charge in [-0.1, -0.05) is 0 Å². The van der Waals surface area contributed by atoms with Gasteiger partial charge in [-0.05, 0) is 30.7 Å². The minimum absolute atomic E-state index is 0. The van der Waals surface area contributed by atoms with Crippen molar-refractivity contribution in [1.29, 1.82) is 0 Å². The standard InChI is InChI=1S/C19H20N8O5.C5H4N4O.Na.H/c20-15-14-16(27-19(21)26-15)23-8-11(24-14)7-22-10-3-1-9(2-4-10)17(30)25-12(18(31)32)5-6-13(28)29;10-5-3-4(7-1-6-3)8-2-9-5;;/h1-4,8,12,22H,5-7H2,(H,25,30)(H,28,29)(H,31,32)(H4,20,21,23,26,27);1-2H,(H2,6,7,8,9,10);;. The van der Waals surface area contributed by atoms with Gasteiger partial charge in [-0.2, -0.15) is 9.97 Å². The fraction of sp³-hybridized carbons (Fsp3) is 0.167. The molecular weight excluding hydrogens is 575 g/mol. The zero-order valence-corrected chi connectivity index (χ0v) is 21.6. The molecule has 43 heavy (non-hydrogen) atoms. The second-order valence-electron chi connectivity index (χ2n) is 8.56. The van der Waals surface area contributed by atoms with Crippen LogP contribution in [0.4, 0.5) is 17.5 Å². The number of carbonyl (C=O) groups excluding carboxylic acids is 1. The number of fused-ring (bicyclic) bond motifs is 2. The molecular formula is C24H25N12NaO6. The predicted molar refractivity (Wildman–Crippen MR) is 155 cm³/mol. The Balaban J connectivity index is 0.000000385. The Morgan fingerprint density at radius 1 is 0.930 bits per heavy atom. The van der Waals surface area contributed by atoms with Crippen LogP contribution in [0.1, 0.15) is 28.9 Å². The monoisotopic (exact) mass is 600 g/mol. The molecule has 0 radical (unpaired) electrons. The number of carboxylic acid groups (broad SMARTS) is 2. The SMILES string of the molecule is Nc1nc(N)c2nc(CNc3ccc(C(=O)NC(CCC(=O)O)C(=O)O)cc3)cnc2n1.O=c1[nH]cnc2nc[nH]c12.[NaH]. The van der Waals surface area contributed by atoms with Crippen LogP contribution >= 0.6 is 0 Å². The van der Waals surface area contributed by atoms with Crippen molar-refractivity contribution in [3.05, 3.63) is 64.7 Å². The van der Waals surface area contributed by atoms with Crippen molar-refractivity contribution in [3.63, 3.8) is 0 Å². The number of benzene rings is 1. The Bertz CT molecular complexity index is 1810. The number of nitrogen functional groups attached to an aromatic ring is 2. The van der Waals surface area contributed by atoms with Crippen LogP contribution < -0.4 is 27.7 Å². The number of nitrogens with one attached hydrogen (secondary N) is 4. The molecule has 0 saturated heterocycles. The number of rotatable bonds is 9. The van der Waals surface area contributed by atoms with Gasteiger partial charge in [0.2, 0.25) is 5.95 Å². The molecule has 4 heterocycles. The molecule has 0 spiro atoms. The quantitative estimate of drug-likeness (QED) is 0.0964. The van der Waals surface area contributed by atoms with Gasteiger partial charge in [0.1, 0.15) is 6.04 Å². The van der Waals surface area contributed by atoms with Crippen LogP contribution in [0.15, 0.2) is 47.9 Å². The molecule has 0 aliphatic rings. The van der Waals surface area contributed by atoms with E-state index >= 15 is 0 Å². The Labute approximate surface area is 263 Å². The van der Waals surface area contributed by atoms with Crippen LogP contribution in [0.5, 0.6) is 0 Å². The number of H-pyrrole nitrogens is 2. The van der Waals surface area contributed by atoms with Gasteiger partial charge in [0.05, 0.1) is 31.1 Å². The van der Waals surface area contributed by atoms with Crippen molar-refractivity contribution in [2.24, 2.45) is 0 Å². The number of aromatic nitrogens is 8. The molecule has 0 saturated carbocycles. The molecule has 5 rings (SSSR count). The first-order valence-electron chi connectivity index (χ1n) is 12.1. The number of carbonyl (C=O) groups is 3. The average Bonchev–Trinajstić information content (AvgIpc) is 3.45. The molecule has 1 aromatic carbocycles. The Morgan fingerprint density at radius 2 is 1.63 bits per heavy atom. The summed E-state index contributed by atoms with van der Waals surface area (Å²) in [5.41, 5.74) is 14.1. The van der Waals surface area contributed by atoms with E-state index in [9.17, 15) is 19.2 Å². The molecule has 10 N–H and O–H groups in total. The third kappa shape index (κ3) is 8.64. The molecule has 1 atom stereocenters. The number of anilines is 3. The zero-order valence-electron chi connectivity index (χ0n) is 21.6. The number of aliphatic carboxylic acids is 2. The van der Waals surface area contributed by atoms with E-state index in [1.165, 1.54) is 31.0 Å². The number of amides is 1. The van der Waals surface area contributed by atoms with Gasteiger partial charge in [-0.25, -0.2) is 24.7 Å². The van der Waals surface area contributed by atoms with Crippen LogP contribution in [-0.4, -0.2) is 104 Å². The van der Waals surface area contributed by atoms with Gasteiger partial charge in [0, 0.05) is 17.7 Å². The second kappa shape index (κ2) is 14.6. The van der Waals surface area contributed by atoms with Gasteiger partial charge < -0.3 is 42.3 Å². The molecule has 5 aromatic rings. The molecule has 1 amide bonds. The Hall–Kier alpha value is -5.20. The predicted octanol–water partition coefficient (Wildman–Crippen LogP) is -0.758. The molecule has 0 aliphatic heterocycles. The van der Waals surface area contributed by atoms with Crippen LogP contribution in [-0.2, 0) is 16.1 Å². The van der Waals surface area contributed by atoms with Gasteiger partial charge >= 0.3 is 41.5 Å². The van der Waals surface area contributed by atoms with Gasteiger partial charge in [0.25, 0.3) is 11.5 Å². The summed E-state index contributed by atoms with van der Waals surface area (Å²) in [6, 6.07) is 4.99.